The summed E-state index contributed by atoms with van der Waals surface area (Å²) in [4.78, 5) is 20.8. The molecule has 1 fully saturated rings. The summed E-state index contributed by atoms with van der Waals surface area (Å²) in [6, 6.07) is 5.04. The third-order valence-corrected chi connectivity index (χ3v) is 7.40. The minimum atomic E-state index is -1.13. The fourth-order valence-electron chi connectivity index (χ4n) is 3.40. The van der Waals surface area contributed by atoms with Crippen molar-refractivity contribution in [3.05, 3.63) is 30.2 Å². The molecule has 1 amide bonds. The lowest BCUT2D eigenvalue weighted by Gasteiger charge is -2.16. The Morgan fingerprint density at radius 3 is 2.67 bits per heavy atom. The van der Waals surface area contributed by atoms with Crippen LogP contribution in [-0.4, -0.2) is 47.4 Å². The first kappa shape index (κ1) is 23.2. The van der Waals surface area contributed by atoms with Gasteiger partial charge in [0.2, 0.25) is 5.91 Å². The maximum Gasteiger partial charge on any atom is 0.228 e. The van der Waals surface area contributed by atoms with E-state index in [2.05, 4.69) is 45.3 Å². The molecule has 2 heterocycles. The Labute approximate surface area is 194 Å². The molecule has 4 rings (SSSR count). The Hall–Kier alpha value is -2.98. The van der Waals surface area contributed by atoms with Crippen molar-refractivity contribution in [2.45, 2.75) is 52.2 Å². The number of nitrogens with one attached hydrogen (secondary N) is 2. The van der Waals surface area contributed by atoms with Crippen LogP contribution >= 0.6 is 0 Å². The molecular weight excluding hydrogens is 436 g/mol. The van der Waals surface area contributed by atoms with Crippen LogP contribution in [0.2, 0.25) is 25.7 Å². The molecule has 1 aromatic carbocycles. The van der Waals surface area contributed by atoms with Crippen molar-refractivity contribution in [3.63, 3.8) is 0 Å². The third kappa shape index (κ3) is 5.69. The largest absolute Gasteiger partial charge is 0.494 e. The van der Waals surface area contributed by atoms with Crippen molar-refractivity contribution in [2.75, 3.05) is 24.4 Å². The summed E-state index contributed by atoms with van der Waals surface area (Å²) in [5.41, 5.74) is 2.45. The van der Waals surface area contributed by atoms with Crippen molar-refractivity contribution in [2.24, 2.45) is 5.92 Å². The van der Waals surface area contributed by atoms with Gasteiger partial charge in [-0.2, -0.15) is 5.10 Å². The molecule has 9 nitrogen and oxygen atoms in total. The summed E-state index contributed by atoms with van der Waals surface area (Å²) >= 11 is 0. The first-order chi connectivity index (χ1) is 15.7. The van der Waals surface area contributed by atoms with Crippen molar-refractivity contribution in [1.29, 1.82) is 0 Å². The molecule has 0 spiro atoms. The van der Waals surface area contributed by atoms with E-state index in [1.807, 2.05) is 29.9 Å². The molecule has 0 atom stereocenters. The van der Waals surface area contributed by atoms with Crippen LogP contribution in [0, 0.1) is 12.8 Å². The quantitative estimate of drug-likeness (QED) is 0.332. The lowest BCUT2D eigenvalue weighted by Crippen LogP contribution is -2.22. The lowest BCUT2D eigenvalue weighted by atomic mass is 10.2. The van der Waals surface area contributed by atoms with Crippen LogP contribution in [0.5, 0.6) is 5.75 Å². The first-order valence-corrected chi connectivity index (χ1v) is 15.0. The van der Waals surface area contributed by atoms with Crippen LogP contribution in [0.25, 0.3) is 10.9 Å². The van der Waals surface area contributed by atoms with E-state index < -0.39 is 8.07 Å². The van der Waals surface area contributed by atoms with Crippen LogP contribution in [0.1, 0.15) is 18.4 Å². The normalized spacial score (nSPS) is 13.8. The van der Waals surface area contributed by atoms with Gasteiger partial charge in [-0.15, -0.1) is 0 Å². The third-order valence-electron chi connectivity index (χ3n) is 5.70. The number of hydrogen-bond donors (Lipinski definition) is 2. The molecule has 0 unspecified atom stereocenters. The second-order valence-electron chi connectivity index (χ2n) is 9.69. The Kier molecular flexibility index (Phi) is 6.66. The van der Waals surface area contributed by atoms with Gasteiger partial charge >= 0.3 is 0 Å². The van der Waals surface area contributed by atoms with E-state index >= 15 is 0 Å². The molecule has 1 saturated carbocycles. The molecular formula is C23H32N6O3Si. The summed E-state index contributed by atoms with van der Waals surface area (Å²) in [5.74, 6) is 1.91. The Morgan fingerprint density at radius 1 is 1.21 bits per heavy atom. The van der Waals surface area contributed by atoms with Crippen molar-refractivity contribution >= 4 is 42.2 Å². The average molecular weight is 469 g/mol. The highest BCUT2D eigenvalue weighted by molar-refractivity contribution is 6.76. The molecule has 0 bridgehead atoms. The second kappa shape index (κ2) is 9.48. The van der Waals surface area contributed by atoms with Crippen molar-refractivity contribution in [3.8, 4) is 5.75 Å². The molecule has 33 heavy (non-hydrogen) atoms. The highest BCUT2D eigenvalue weighted by atomic mass is 28.3. The maximum absolute atomic E-state index is 12.2. The molecule has 1 aliphatic rings. The number of nitrogens with zero attached hydrogens (tertiary/aromatic N) is 4. The van der Waals surface area contributed by atoms with Gasteiger partial charge in [0.15, 0.2) is 0 Å². The van der Waals surface area contributed by atoms with E-state index in [0.29, 0.717) is 24.1 Å². The standard InChI is InChI=1S/C23H32N6O3Si/c1-15-21(24-13-25-22(15)28-23(30)16-6-7-16)27-18-10-17-12-26-29(19(17)11-20(18)31-2)14-32-8-9-33(3,4)5/h10-13,16H,6-9,14H2,1-5H3,(H2,24,25,27,28,30). The molecule has 1 aliphatic carbocycles. The van der Waals surface area contributed by atoms with Gasteiger partial charge in [-0.3, -0.25) is 4.79 Å². The molecule has 0 radical (unpaired) electrons. The van der Waals surface area contributed by atoms with Gasteiger partial charge < -0.3 is 20.1 Å². The number of hydrogen-bond acceptors (Lipinski definition) is 7. The zero-order chi connectivity index (χ0) is 23.6. The topological polar surface area (TPSA) is 103 Å². The molecule has 0 saturated heterocycles. The second-order valence-corrected chi connectivity index (χ2v) is 15.3. The number of amides is 1. The monoisotopic (exact) mass is 468 g/mol. The van der Waals surface area contributed by atoms with Gasteiger partial charge in [0.05, 0.1) is 24.5 Å². The maximum atomic E-state index is 12.2. The summed E-state index contributed by atoms with van der Waals surface area (Å²) in [6.07, 6.45) is 5.14. The number of carbonyl (C=O) groups excluding carboxylic acids is 1. The van der Waals surface area contributed by atoms with E-state index in [1.54, 1.807) is 7.11 Å². The number of benzene rings is 1. The molecule has 2 aromatic heterocycles. The summed E-state index contributed by atoms with van der Waals surface area (Å²) < 4.78 is 13.4. The highest BCUT2D eigenvalue weighted by Crippen LogP contribution is 2.34. The zero-order valence-corrected chi connectivity index (χ0v) is 20.9. The first-order valence-electron chi connectivity index (χ1n) is 11.3. The highest BCUT2D eigenvalue weighted by Gasteiger charge is 2.30. The Bertz CT molecular complexity index is 1150. The predicted molar refractivity (Wildman–Crippen MR) is 132 cm³/mol. The Balaban J connectivity index is 1.52. The van der Waals surface area contributed by atoms with Crippen LogP contribution in [0.3, 0.4) is 0 Å². The van der Waals surface area contributed by atoms with E-state index in [9.17, 15) is 4.79 Å². The van der Waals surface area contributed by atoms with Gasteiger partial charge in [-0.25, -0.2) is 14.6 Å². The number of methoxy groups -OCH3 is 1. The number of anilines is 3. The van der Waals surface area contributed by atoms with Crippen LogP contribution in [-0.2, 0) is 16.3 Å². The average Bonchev–Trinajstić information content (AvgIpc) is 3.55. The summed E-state index contributed by atoms with van der Waals surface area (Å²) in [5, 5.41) is 11.7. The molecule has 3 aromatic rings. The van der Waals surface area contributed by atoms with Gasteiger partial charge in [0, 0.05) is 37.6 Å². The molecule has 176 valence electrons. The fourth-order valence-corrected chi connectivity index (χ4v) is 4.16. The van der Waals surface area contributed by atoms with Crippen LogP contribution in [0.4, 0.5) is 17.3 Å². The van der Waals surface area contributed by atoms with E-state index in [4.69, 9.17) is 9.47 Å². The molecule has 10 heteroatoms. The van der Waals surface area contributed by atoms with Crippen LogP contribution in [0.15, 0.2) is 24.7 Å². The van der Waals surface area contributed by atoms with Gasteiger partial charge in [0.1, 0.15) is 30.4 Å². The predicted octanol–water partition coefficient (Wildman–Crippen LogP) is 4.55. The number of carbonyl (C=O) groups is 1. The van der Waals surface area contributed by atoms with Crippen LogP contribution < -0.4 is 15.4 Å². The number of rotatable bonds is 10. The van der Waals surface area contributed by atoms with Crippen molar-refractivity contribution in [1.82, 2.24) is 19.7 Å². The van der Waals surface area contributed by atoms with Gasteiger partial charge in [-0.05, 0) is 31.9 Å². The number of ether oxygens (including phenoxy) is 2. The minimum absolute atomic E-state index is 0.0150. The summed E-state index contributed by atoms with van der Waals surface area (Å²) in [7, 11) is 0.501. The van der Waals surface area contributed by atoms with E-state index in [1.165, 1.54) is 6.33 Å². The SMILES string of the molecule is COc1cc2c(cnn2COCC[Si](C)(C)C)cc1Nc1ncnc(NC(=O)C2CC2)c1C. The van der Waals surface area contributed by atoms with Crippen molar-refractivity contribution < 1.29 is 14.3 Å². The number of aromatic nitrogens is 4. The molecule has 0 aliphatic heterocycles. The van der Waals surface area contributed by atoms with Gasteiger partial charge in [-0.1, -0.05) is 19.6 Å². The van der Waals surface area contributed by atoms with E-state index in [0.717, 1.165) is 47.6 Å². The minimum Gasteiger partial charge on any atom is -0.494 e. The Morgan fingerprint density at radius 2 is 1.97 bits per heavy atom. The van der Waals surface area contributed by atoms with E-state index in [-0.39, 0.29) is 11.8 Å². The number of fused-ring (bicyclic) bond motifs is 1. The lowest BCUT2D eigenvalue weighted by molar-refractivity contribution is -0.117. The smallest absolute Gasteiger partial charge is 0.228 e. The van der Waals surface area contributed by atoms with Gasteiger partial charge in [0.25, 0.3) is 0 Å². The fraction of sp³-hybridized carbons (Fsp3) is 0.478. The zero-order valence-electron chi connectivity index (χ0n) is 19.9. The molecule has 2 N–H and O–H groups in total. The summed E-state index contributed by atoms with van der Waals surface area (Å²) in [6.45, 7) is 10.0.